The molecule has 2 aromatic carbocycles. The summed E-state index contributed by atoms with van der Waals surface area (Å²) in [6, 6.07) is 21.9. The lowest BCUT2D eigenvalue weighted by molar-refractivity contribution is 0.180. The summed E-state index contributed by atoms with van der Waals surface area (Å²) in [7, 11) is -2.40. The summed E-state index contributed by atoms with van der Waals surface area (Å²) < 4.78 is 7.17. The molecule has 0 radical (unpaired) electrons. The third-order valence-electron chi connectivity index (χ3n) is 5.26. The van der Waals surface area contributed by atoms with Gasteiger partial charge in [0.2, 0.25) is 0 Å². The van der Waals surface area contributed by atoms with E-state index in [9.17, 15) is 0 Å². The molecule has 0 bridgehead atoms. The van der Waals surface area contributed by atoms with Gasteiger partial charge in [-0.15, -0.1) is 0 Å². The highest BCUT2D eigenvalue weighted by atomic mass is 28.4. The molecule has 0 amide bonds. The van der Waals surface area contributed by atoms with E-state index in [0.717, 1.165) is 19.5 Å². The number of hydrogen-bond donors (Lipinski definition) is 1. The Labute approximate surface area is 153 Å². The lowest BCUT2D eigenvalue weighted by atomic mass is 10.2. The Morgan fingerprint density at radius 3 is 1.96 bits per heavy atom. The van der Waals surface area contributed by atoms with Gasteiger partial charge in [-0.3, -0.25) is 0 Å². The van der Waals surface area contributed by atoms with Crippen LogP contribution in [0, 0.1) is 0 Å². The van der Waals surface area contributed by atoms with Crippen molar-refractivity contribution in [2.24, 2.45) is 0 Å². The second-order valence-corrected chi connectivity index (χ2v) is 12.4. The largest absolute Gasteiger partial charge is 0.403 e. The zero-order valence-electron chi connectivity index (χ0n) is 15.8. The van der Waals surface area contributed by atoms with Gasteiger partial charge in [0.15, 0.2) is 0 Å². The van der Waals surface area contributed by atoms with E-state index in [-0.39, 0.29) is 11.1 Å². The minimum Gasteiger partial charge on any atom is -0.403 e. The number of hydrogen-bond acceptors (Lipinski definition) is 2. The topological polar surface area (TPSA) is 21.3 Å². The fourth-order valence-electron chi connectivity index (χ4n) is 4.03. The van der Waals surface area contributed by atoms with Crippen molar-refractivity contribution in [2.45, 2.75) is 51.2 Å². The standard InChI is InChI=1S/C22H31NOSi/c1-22(2,3)25(20-13-6-4-7-14-20,21-15-8-5-9-16-21)24-19-12-10-11-17-23-18-19/h4-9,13-16,19,23H,10-12,17-18H2,1-3H3/t19-/m0/s1. The Kier molecular flexibility index (Phi) is 5.77. The molecule has 1 heterocycles. The van der Waals surface area contributed by atoms with Crippen LogP contribution in [-0.4, -0.2) is 27.5 Å². The van der Waals surface area contributed by atoms with Crippen molar-refractivity contribution in [3.05, 3.63) is 60.7 Å². The minimum absolute atomic E-state index is 0.0576. The van der Waals surface area contributed by atoms with Crippen molar-refractivity contribution in [2.75, 3.05) is 13.1 Å². The van der Waals surface area contributed by atoms with Gasteiger partial charge >= 0.3 is 0 Å². The highest BCUT2D eigenvalue weighted by Gasteiger charge is 2.51. The summed E-state index contributed by atoms with van der Waals surface area (Å²) in [4.78, 5) is 0. The SMILES string of the molecule is CC(C)(C)[Si](O[C@H]1CCCCNC1)(c1ccccc1)c1ccccc1. The van der Waals surface area contributed by atoms with Crippen molar-refractivity contribution in [3.8, 4) is 0 Å². The van der Waals surface area contributed by atoms with Gasteiger partial charge in [-0.25, -0.2) is 0 Å². The molecule has 0 aromatic heterocycles. The van der Waals surface area contributed by atoms with Crippen LogP contribution in [-0.2, 0) is 4.43 Å². The van der Waals surface area contributed by atoms with Crippen molar-refractivity contribution < 1.29 is 4.43 Å². The Balaban J connectivity index is 2.11. The predicted octanol–water partition coefficient (Wildman–Crippen LogP) is 3.71. The first-order valence-electron chi connectivity index (χ1n) is 9.53. The number of benzene rings is 2. The molecular weight excluding hydrogens is 322 g/mol. The molecule has 134 valence electrons. The molecule has 1 aliphatic heterocycles. The Morgan fingerprint density at radius 2 is 1.44 bits per heavy atom. The molecule has 3 heteroatoms. The van der Waals surface area contributed by atoms with Crippen LogP contribution >= 0.6 is 0 Å². The Hall–Kier alpha value is -1.42. The average molecular weight is 354 g/mol. The van der Waals surface area contributed by atoms with Gasteiger partial charge in [0.05, 0.1) is 6.10 Å². The normalized spacial score (nSPS) is 19.4. The van der Waals surface area contributed by atoms with Crippen LogP contribution in [0.5, 0.6) is 0 Å². The van der Waals surface area contributed by atoms with Crippen LogP contribution in [0.25, 0.3) is 0 Å². The van der Waals surface area contributed by atoms with E-state index < -0.39 is 8.32 Å². The summed E-state index contributed by atoms with van der Waals surface area (Å²) in [6.07, 6.45) is 3.93. The highest BCUT2D eigenvalue weighted by molar-refractivity contribution is 6.99. The van der Waals surface area contributed by atoms with Gasteiger partial charge in [0.1, 0.15) is 0 Å². The first-order valence-corrected chi connectivity index (χ1v) is 11.4. The van der Waals surface area contributed by atoms with Gasteiger partial charge in [0, 0.05) is 6.54 Å². The molecule has 2 nitrogen and oxygen atoms in total. The van der Waals surface area contributed by atoms with Crippen LogP contribution in [0.1, 0.15) is 40.0 Å². The molecule has 0 saturated carbocycles. The second-order valence-electron chi connectivity index (χ2n) is 8.10. The summed E-state index contributed by atoms with van der Waals surface area (Å²) in [5, 5.41) is 6.38. The van der Waals surface area contributed by atoms with E-state index in [0.29, 0.717) is 0 Å². The molecule has 0 aliphatic carbocycles. The summed E-state index contributed by atoms with van der Waals surface area (Å²) in [5.41, 5.74) is 0. The highest BCUT2D eigenvalue weighted by Crippen LogP contribution is 2.38. The zero-order chi connectivity index (χ0) is 17.8. The van der Waals surface area contributed by atoms with Gasteiger partial charge in [0.25, 0.3) is 8.32 Å². The maximum absolute atomic E-state index is 7.17. The van der Waals surface area contributed by atoms with E-state index in [1.807, 2.05) is 0 Å². The summed E-state index contributed by atoms with van der Waals surface area (Å²) in [6.45, 7) is 9.13. The molecule has 0 spiro atoms. The quantitative estimate of drug-likeness (QED) is 0.846. The van der Waals surface area contributed by atoms with Crippen LogP contribution < -0.4 is 15.7 Å². The lowest BCUT2D eigenvalue weighted by Gasteiger charge is -2.45. The number of nitrogens with one attached hydrogen (secondary N) is 1. The molecule has 1 atom stereocenters. The molecule has 1 N–H and O–H groups in total. The summed E-state index contributed by atoms with van der Waals surface area (Å²) >= 11 is 0. The molecule has 25 heavy (non-hydrogen) atoms. The first-order chi connectivity index (χ1) is 12.0. The Morgan fingerprint density at radius 1 is 0.880 bits per heavy atom. The van der Waals surface area contributed by atoms with Crippen LogP contribution in [0.15, 0.2) is 60.7 Å². The van der Waals surface area contributed by atoms with E-state index in [1.54, 1.807) is 0 Å². The van der Waals surface area contributed by atoms with Gasteiger partial charge < -0.3 is 9.74 Å². The first kappa shape index (κ1) is 18.4. The average Bonchev–Trinajstić information content (AvgIpc) is 2.89. The van der Waals surface area contributed by atoms with Crippen molar-refractivity contribution >= 4 is 18.7 Å². The fourth-order valence-corrected chi connectivity index (χ4v) is 8.75. The van der Waals surface area contributed by atoms with Gasteiger partial charge in [-0.2, -0.15) is 0 Å². The maximum atomic E-state index is 7.17. The molecule has 1 aliphatic rings. The Bertz CT molecular complexity index is 603. The van der Waals surface area contributed by atoms with E-state index in [4.69, 9.17) is 4.43 Å². The molecule has 0 unspecified atom stereocenters. The lowest BCUT2D eigenvalue weighted by Crippen LogP contribution is -2.68. The van der Waals surface area contributed by atoms with Crippen LogP contribution in [0.3, 0.4) is 0 Å². The summed E-state index contributed by atoms with van der Waals surface area (Å²) in [5.74, 6) is 0. The molecular formula is C22H31NOSi. The monoisotopic (exact) mass is 353 g/mol. The van der Waals surface area contributed by atoms with Crippen molar-refractivity contribution in [3.63, 3.8) is 0 Å². The van der Waals surface area contributed by atoms with Gasteiger partial charge in [-0.05, 0) is 41.2 Å². The number of rotatable bonds is 4. The van der Waals surface area contributed by atoms with E-state index in [1.165, 1.54) is 23.2 Å². The zero-order valence-corrected chi connectivity index (χ0v) is 16.8. The third kappa shape index (κ3) is 3.89. The van der Waals surface area contributed by atoms with Crippen molar-refractivity contribution in [1.82, 2.24) is 5.32 Å². The van der Waals surface area contributed by atoms with Crippen molar-refractivity contribution in [1.29, 1.82) is 0 Å². The molecule has 3 rings (SSSR count). The maximum Gasteiger partial charge on any atom is 0.261 e. The molecule has 1 saturated heterocycles. The molecule has 1 fully saturated rings. The smallest absolute Gasteiger partial charge is 0.261 e. The minimum atomic E-state index is -2.40. The van der Waals surface area contributed by atoms with Gasteiger partial charge in [-0.1, -0.05) is 81.4 Å². The second kappa shape index (κ2) is 7.86. The predicted molar refractivity (Wildman–Crippen MR) is 109 cm³/mol. The third-order valence-corrected chi connectivity index (χ3v) is 10.4. The molecule has 2 aromatic rings. The van der Waals surface area contributed by atoms with Crippen LogP contribution in [0.4, 0.5) is 0 Å². The fraction of sp³-hybridized carbons (Fsp3) is 0.455. The van der Waals surface area contributed by atoms with E-state index >= 15 is 0 Å². The van der Waals surface area contributed by atoms with E-state index in [2.05, 4.69) is 86.8 Å². The van der Waals surface area contributed by atoms with Crippen LogP contribution in [0.2, 0.25) is 5.04 Å².